The number of nitrogens with one attached hydrogen (secondary N) is 1. The number of rotatable bonds is 5. The van der Waals surface area contributed by atoms with Crippen molar-refractivity contribution in [3.05, 3.63) is 35.6 Å². The molecule has 1 unspecified atom stereocenters. The van der Waals surface area contributed by atoms with Crippen molar-refractivity contribution in [3.8, 4) is 0 Å². The quantitative estimate of drug-likeness (QED) is 0.859. The van der Waals surface area contributed by atoms with Crippen LogP contribution in [-0.2, 0) is 11.2 Å². The van der Waals surface area contributed by atoms with Gasteiger partial charge in [-0.25, -0.2) is 4.39 Å². The van der Waals surface area contributed by atoms with E-state index in [0.29, 0.717) is 19.4 Å². The Labute approximate surface area is 114 Å². The van der Waals surface area contributed by atoms with Gasteiger partial charge in [-0.05, 0) is 29.5 Å². The van der Waals surface area contributed by atoms with Crippen molar-refractivity contribution in [2.24, 2.45) is 11.1 Å². The fraction of sp³-hybridized carbons (Fsp3) is 0.533. The number of nitrogens with two attached hydrogens (primary N) is 1. The first-order valence-electron chi connectivity index (χ1n) is 6.56. The van der Waals surface area contributed by atoms with Crippen molar-refractivity contribution in [1.29, 1.82) is 0 Å². The van der Waals surface area contributed by atoms with Gasteiger partial charge in [-0.2, -0.15) is 0 Å². The Kier molecular flexibility index (Phi) is 5.48. The molecule has 0 bridgehead atoms. The highest BCUT2D eigenvalue weighted by molar-refractivity contribution is 5.76. The van der Waals surface area contributed by atoms with Crippen LogP contribution >= 0.6 is 0 Å². The number of halogens is 1. The standard InChI is InChI=1S/C15H23FN2O/c1-15(2,3)13(17)10-14(19)18-9-8-11-4-6-12(16)7-5-11/h4-7,13H,8-10,17H2,1-3H3,(H,18,19). The first-order valence-corrected chi connectivity index (χ1v) is 6.56. The van der Waals surface area contributed by atoms with Crippen LogP contribution in [0.1, 0.15) is 32.8 Å². The van der Waals surface area contributed by atoms with Crippen LogP contribution in [0.2, 0.25) is 0 Å². The van der Waals surface area contributed by atoms with Crippen LogP contribution in [-0.4, -0.2) is 18.5 Å². The summed E-state index contributed by atoms with van der Waals surface area (Å²) >= 11 is 0. The zero-order valence-corrected chi connectivity index (χ0v) is 11.9. The van der Waals surface area contributed by atoms with Gasteiger partial charge in [0.15, 0.2) is 0 Å². The second-order valence-corrected chi connectivity index (χ2v) is 5.90. The van der Waals surface area contributed by atoms with Crippen molar-refractivity contribution in [2.45, 2.75) is 39.7 Å². The number of carbonyl (C=O) groups excluding carboxylic acids is 1. The largest absolute Gasteiger partial charge is 0.356 e. The minimum absolute atomic E-state index is 0.0375. The minimum atomic E-state index is -0.246. The predicted octanol–water partition coefficient (Wildman–Crippen LogP) is 2.25. The normalized spacial score (nSPS) is 13.1. The summed E-state index contributed by atoms with van der Waals surface area (Å²) < 4.78 is 12.7. The van der Waals surface area contributed by atoms with E-state index in [4.69, 9.17) is 5.73 Å². The van der Waals surface area contributed by atoms with Gasteiger partial charge < -0.3 is 11.1 Å². The van der Waals surface area contributed by atoms with Gasteiger partial charge in [-0.1, -0.05) is 32.9 Å². The second-order valence-electron chi connectivity index (χ2n) is 5.90. The molecule has 1 atom stereocenters. The molecule has 0 spiro atoms. The third-order valence-electron chi connectivity index (χ3n) is 3.17. The van der Waals surface area contributed by atoms with Gasteiger partial charge in [0, 0.05) is 19.0 Å². The van der Waals surface area contributed by atoms with Crippen molar-refractivity contribution in [2.75, 3.05) is 6.54 Å². The fourth-order valence-electron chi connectivity index (χ4n) is 1.58. The average Bonchev–Trinajstić information content (AvgIpc) is 2.30. The van der Waals surface area contributed by atoms with Gasteiger partial charge in [0.2, 0.25) is 5.91 Å². The molecule has 0 saturated heterocycles. The molecule has 4 heteroatoms. The smallest absolute Gasteiger partial charge is 0.221 e. The highest BCUT2D eigenvalue weighted by Crippen LogP contribution is 2.19. The maximum atomic E-state index is 12.7. The molecule has 0 aliphatic rings. The fourth-order valence-corrected chi connectivity index (χ4v) is 1.58. The van der Waals surface area contributed by atoms with E-state index < -0.39 is 0 Å². The van der Waals surface area contributed by atoms with Crippen molar-refractivity contribution in [3.63, 3.8) is 0 Å². The predicted molar refractivity (Wildman–Crippen MR) is 75.2 cm³/mol. The van der Waals surface area contributed by atoms with Crippen molar-refractivity contribution < 1.29 is 9.18 Å². The molecule has 1 rings (SSSR count). The lowest BCUT2D eigenvalue weighted by molar-refractivity contribution is -0.121. The molecule has 1 aromatic rings. The van der Waals surface area contributed by atoms with Gasteiger partial charge in [0.25, 0.3) is 0 Å². The molecule has 0 radical (unpaired) electrons. The van der Waals surface area contributed by atoms with Crippen molar-refractivity contribution >= 4 is 5.91 Å². The van der Waals surface area contributed by atoms with Gasteiger partial charge in [0.05, 0.1) is 0 Å². The molecule has 1 amide bonds. The van der Waals surface area contributed by atoms with E-state index >= 15 is 0 Å². The summed E-state index contributed by atoms with van der Waals surface area (Å²) in [5, 5.41) is 2.84. The Balaban J connectivity index is 2.29. The second kappa shape index (κ2) is 6.66. The first kappa shape index (κ1) is 15.6. The topological polar surface area (TPSA) is 55.1 Å². The monoisotopic (exact) mass is 266 g/mol. The summed E-state index contributed by atoms with van der Waals surface area (Å²) in [6.45, 7) is 6.59. The number of benzene rings is 1. The summed E-state index contributed by atoms with van der Waals surface area (Å²) in [5.41, 5.74) is 6.88. The van der Waals surface area contributed by atoms with E-state index in [1.54, 1.807) is 12.1 Å². The third kappa shape index (κ3) is 5.83. The molecule has 0 heterocycles. The Hall–Kier alpha value is -1.42. The van der Waals surface area contributed by atoms with Crippen molar-refractivity contribution in [1.82, 2.24) is 5.32 Å². The molecule has 19 heavy (non-hydrogen) atoms. The highest BCUT2D eigenvalue weighted by atomic mass is 19.1. The highest BCUT2D eigenvalue weighted by Gasteiger charge is 2.22. The Morgan fingerprint density at radius 1 is 1.32 bits per heavy atom. The van der Waals surface area contributed by atoms with E-state index in [9.17, 15) is 9.18 Å². The zero-order chi connectivity index (χ0) is 14.5. The number of carbonyl (C=O) groups is 1. The Bertz CT molecular complexity index is 409. The van der Waals surface area contributed by atoms with E-state index in [2.05, 4.69) is 5.32 Å². The number of hydrogen-bond donors (Lipinski definition) is 2. The molecule has 1 aromatic carbocycles. The molecular formula is C15H23FN2O. The third-order valence-corrected chi connectivity index (χ3v) is 3.17. The van der Waals surface area contributed by atoms with Crippen LogP contribution in [0.3, 0.4) is 0 Å². The summed E-state index contributed by atoms with van der Waals surface area (Å²) in [4.78, 5) is 11.7. The molecule has 0 fully saturated rings. The van der Waals surface area contributed by atoms with E-state index in [0.717, 1.165) is 5.56 Å². The molecule has 0 aliphatic heterocycles. The Morgan fingerprint density at radius 3 is 2.42 bits per heavy atom. The van der Waals surface area contributed by atoms with E-state index in [1.165, 1.54) is 12.1 Å². The molecular weight excluding hydrogens is 243 g/mol. The van der Waals surface area contributed by atoms with Gasteiger partial charge >= 0.3 is 0 Å². The average molecular weight is 266 g/mol. The van der Waals surface area contributed by atoms with Crippen LogP contribution in [0, 0.1) is 11.2 Å². The zero-order valence-electron chi connectivity index (χ0n) is 11.9. The van der Waals surface area contributed by atoms with E-state index in [1.807, 2.05) is 20.8 Å². The van der Waals surface area contributed by atoms with Gasteiger partial charge in [-0.15, -0.1) is 0 Å². The molecule has 3 nitrogen and oxygen atoms in total. The van der Waals surface area contributed by atoms with Crippen LogP contribution < -0.4 is 11.1 Å². The molecule has 0 aromatic heterocycles. The summed E-state index contributed by atoms with van der Waals surface area (Å²) in [7, 11) is 0. The van der Waals surface area contributed by atoms with Crippen LogP contribution in [0.4, 0.5) is 4.39 Å². The number of hydrogen-bond acceptors (Lipinski definition) is 2. The maximum absolute atomic E-state index is 12.7. The molecule has 0 saturated carbocycles. The van der Waals surface area contributed by atoms with Gasteiger partial charge in [-0.3, -0.25) is 4.79 Å². The molecule has 0 aliphatic carbocycles. The summed E-state index contributed by atoms with van der Waals surface area (Å²) in [6.07, 6.45) is 1.02. The lowest BCUT2D eigenvalue weighted by Crippen LogP contribution is -2.40. The number of amides is 1. The molecule has 106 valence electrons. The lowest BCUT2D eigenvalue weighted by Gasteiger charge is -2.26. The lowest BCUT2D eigenvalue weighted by atomic mass is 9.85. The van der Waals surface area contributed by atoms with E-state index in [-0.39, 0.29) is 23.2 Å². The minimum Gasteiger partial charge on any atom is -0.356 e. The summed E-state index contributed by atoms with van der Waals surface area (Å²) in [6, 6.07) is 6.14. The SMILES string of the molecule is CC(C)(C)C(N)CC(=O)NCCc1ccc(F)cc1. The first-order chi connectivity index (χ1) is 8.79. The van der Waals surface area contributed by atoms with Gasteiger partial charge in [0.1, 0.15) is 5.82 Å². The Morgan fingerprint density at radius 2 is 1.89 bits per heavy atom. The molecule has 3 N–H and O–H groups in total. The van der Waals surface area contributed by atoms with Crippen LogP contribution in [0.25, 0.3) is 0 Å². The maximum Gasteiger partial charge on any atom is 0.221 e. The summed E-state index contributed by atoms with van der Waals surface area (Å²) in [5.74, 6) is -0.284. The van der Waals surface area contributed by atoms with Crippen LogP contribution in [0.5, 0.6) is 0 Å². The van der Waals surface area contributed by atoms with Crippen LogP contribution in [0.15, 0.2) is 24.3 Å².